The highest BCUT2D eigenvalue weighted by molar-refractivity contribution is 7.00. The molecule has 0 bridgehead atoms. The van der Waals surface area contributed by atoms with Crippen molar-refractivity contribution in [3.8, 4) is 29.2 Å². The maximum atomic E-state index is 10.7. The molecular weight excluding hydrogens is 802 g/mol. The lowest BCUT2D eigenvalue weighted by atomic mass is 9.34. The summed E-state index contributed by atoms with van der Waals surface area (Å²) in [5.41, 5.74) is 19.7. The Morgan fingerprint density at radius 3 is 1.14 bits per heavy atom. The minimum absolute atomic E-state index is 0.0533. The van der Waals surface area contributed by atoms with Gasteiger partial charge in [-0.25, -0.2) is 0 Å². The van der Waals surface area contributed by atoms with Gasteiger partial charge in [-0.05, 0) is 133 Å². The second kappa shape index (κ2) is 12.9. The molecule has 5 heterocycles. The molecule has 0 amide bonds. The van der Waals surface area contributed by atoms with Gasteiger partial charge in [0.15, 0.2) is 0 Å². The van der Waals surface area contributed by atoms with E-state index >= 15 is 0 Å². The van der Waals surface area contributed by atoms with Crippen LogP contribution in [0.3, 0.4) is 0 Å². The smallest absolute Gasteiger partial charge is 0.252 e. The summed E-state index contributed by atoms with van der Waals surface area (Å²) in [4.78, 5) is 0. The topological polar surface area (TPSA) is 62.4 Å². The van der Waals surface area contributed by atoms with Gasteiger partial charge >= 0.3 is 0 Å². The minimum Gasteiger partial charge on any atom is -0.310 e. The number of rotatable bonds is 1. The average molecular weight is 856 g/mol. The molecule has 10 aromatic rings. The third kappa shape index (κ3) is 5.45. The molecule has 6 heteroatoms. The Bertz CT molecular complexity index is 3690. The van der Waals surface area contributed by atoms with Gasteiger partial charge in [-0.3, -0.25) is 0 Å². The van der Waals surface area contributed by atoms with Crippen LogP contribution < -0.4 is 16.4 Å². The van der Waals surface area contributed by atoms with Crippen LogP contribution in [0.1, 0.15) is 116 Å². The number of hydrogen-bond donors (Lipinski definition) is 0. The lowest BCUT2D eigenvalue weighted by Crippen LogP contribution is -2.59. The van der Waals surface area contributed by atoms with Gasteiger partial charge in [0.1, 0.15) is 0 Å². The molecule has 0 atom stereocenters. The van der Waals surface area contributed by atoms with E-state index in [9.17, 15) is 10.5 Å². The number of aromatic nitrogens is 3. The lowest BCUT2D eigenvalue weighted by Gasteiger charge is -2.34. The van der Waals surface area contributed by atoms with Gasteiger partial charge in [0.25, 0.3) is 6.71 Å². The SMILES string of the molecule is CC(C)(C)c1ccc2c(c1)c1cc(C#N)cc3c1n2-c1cc(-n2c4cc(C(C)(C)C)ccc4c4ccc(C(C)(C)C)cc42)cc2c1B3c1cc(C#N)cc3c4cc(C(C)(C)C)ccc4n-2c13. The van der Waals surface area contributed by atoms with Gasteiger partial charge in [-0.15, -0.1) is 0 Å². The molecule has 0 unspecified atom stereocenters. The van der Waals surface area contributed by atoms with Crippen molar-refractivity contribution >= 4 is 88.5 Å². The number of hydrogen-bond acceptors (Lipinski definition) is 2. The molecule has 5 nitrogen and oxygen atoms in total. The third-order valence-electron chi connectivity index (χ3n) is 15.0. The van der Waals surface area contributed by atoms with Crippen molar-refractivity contribution in [3.63, 3.8) is 0 Å². The standard InChI is InChI=1S/C60H54BN5/c1-57(2,3)35-15-19-48-42(25-35)44-21-33(31-62)23-46-55(44)65(48)52-29-39(64-50-27-37(59(7,8)9)13-17-40(50)41-18-14-38(28-51(41)64)60(10,11)12)30-53-54(52)61(46)47-24-34(32-63)22-45-43-26-36(58(4,5)6)16-20-49(43)66(53)56(45)47/h13-30H,1-12H3. The monoisotopic (exact) mass is 855 g/mol. The Balaban J connectivity index is 1.32. The number of fused-ring (bicyclic) bond motifs is 13. The van der Waals surface area contributed by atoms with Crippen LogP contribution in [0, 0.1) is 22.7 Å². The molecule has 0 N–H and O–H groups in total. The Labute approximate surface area is 387 Å². The van der Waals surface area contributed by atoms with Crippen molar-refractivity contribution in [2.24, 2.45) is 0 Å². The summed E-state index contributed by atoms with van der Waals surface area (Å²) in [6, 6.07) is 46.5. The van der Waals surface area contributed by atoms with Crippen LogP contribution in [0.25, 0.3) is 82.5 Å². The first kappa shape index (κ1) is 40.5. The average Bonchev–Trinajstić information content (AvgIpc) is 3.90. The highest BCUT2D eigenvalue weighted by Crippen LogP contribution is 2.44. The van der Waals surface area contributed by atoms with E-state index < -0.39 is 0 Å². The predicted molar refractivity (Wildman–Crippen MR) is 278 cm³/mol. The Hall–Kier alpha value is -7.02. The van der Waals surface area contributed by atoms with Gasteiger partial charge in [0.2, 0.25) is 0 Å². The Morgan fingerprint density at radius 1 is 0.379 bits per heavy atom. The maximum Gasteiger partial charge on any atom is 0.252 e. The zero-order valence-corrected chi connectivity index (χ0v) is 40.2. The van der Waals surface area contributed by atoms with Crippen LogP contribution in [0.2, 0.25) is 0 Å². The van der Waals surface area contributed by atoms with Crippen LogP contribution in [0.4, 0.5) is 0 Å². The summed E-state index contributed by atoms with van der Waals surface area (Å²) in [6.45, 7) is 27.2. The molecule has 2 aliphatic rings. The first-order chi connectivity index (χ1) is 31.1. The van der Waals surface area contributed by atoms with Gasteiger partial charge in [0.05, 0.1) is 51.0 Å². The molecular formula is C60H54BN5. The van der Waals surface area contributed by atoms with Crippen molar-refractivity contribution < 1.29 is 0 Å². The molecule has 3 aromatic heterocycles. The quantitative estimate of drug-likeness (QED) is 0.154. The van der Waals surface area contributed by atoms with E-state index in [1.165, 1.54) is 49.5 Å². The zero-order valence-electron chi connectivity index (χ0n) is 40.2. The normalized spacial score (nSPS) is 13.7. The van der Waals surface area contributed by atoms with Crippen LogP contribution in [-0.4, -0.2) is 20.4 Å². The molecule has 0 saturated heterocycles. The van der Waals surface area contributed by atoms with E-state index in [0.29, 0.717) is 11.1 Å². The number of nitriles is 2. The Kier molecular flexibility index (Phi) is 7.89. The molecule has 7 aromatic carbocycles. The molecule has 0 aliphatic carbocycles. The zero-order chi connectivity index (χ0) is 46.3. The third-order valence-corrected chi connectivity index (χ3v) is 15.0. The van der Waals surface area contributed by atoms with Crippen LogP contribution in [-0.2, 0) is 21.7 Å². The van der Waals surface area contributed by atoms with Crippen molar-refractivity contribution in [2.75, 3.05) is 0 Å². The van der Waals surface area contributed by atoms with Crippen LogP contribution >= 0.6 is 0 Å². The molecule has 0 fully saturated rings. The summed E-state index contributed by atoms with van der Waals surface area (Å²) < 4.78 is 7.53. The van der Waals surface area contributed by atoms with Crippen LogP contribution in [0.5, 0.6) is 0 Å². The molecule has 66 heavy (non-hydrogen) atoms. The van der Waals surface area contributed by atoms with Crippen molar-refractivity contribution in [1.29, 1.82) is 10.5 Å². The summed E-state index contributed by atoms with van der Waals surface area (Å²) in [5, 5.41) is 28.4. The summed E-state index contributed by atoms with van der Waals surface area (Å²) in [7, 11) is 0. The van der Waals surface area contributed by atoms with Gasteiger partial charge in [-0.2, -0.15) is 10.5 Å². The molecule has 0 spiro atoms. The van der Waals surface area contributed by atoms with E-state index in [1.807, 2.05) is 0 Å². The van der Waals surface area contributed by atoms with E-state index in [0.717, 1.165) is 71.6 Å². The summed E-state index contributed by atoms with van der Waals surface area (Å²) >= 11 is 0. The van der Waals surface area contributed by atoms with Crippen molar-refractivity contribution in [1.82, 2.24) is 13.7 Å². The molecule has 0 saturated carbocycles. The van der Waals surface area contributed by atoms with Gasteiger partial charge in [0, 0.05) is 54.7 Å². The second-order valence-electron chi connectivity index (χ2n) is 23.4. The highest BCUT2D eigenvalue weighted by atomic mass is 15.1. The fourth-order valence-corrected chi connectivity index (χ4v) is 11.5. The van der Waals surface area contributed by atoms with Crippen molar-refractivity contribution in [3.05, 3.63) is 143 Å². The largest absolute Gasteiger partial charge is 0.310 e. The number of nitrogens with zero attached hydrogens (tertiary/aromatic N) is 5. The molecule has 322 valence electrons. The maximum absolute atomic E-state index is 10.7. The predicted octanol–water partition coefficient (Wildman–Crippen LogP) is 13.1. The molecule has 2 aliphatic heterocycles. The fraction of sp³-hybridized carbons (Fsp3) is 0.267. The molecule has 0 radical (unpaired) electrons. The lowest BCUT2D eigenvalue weighted by molar-refractivity contribution is 0.590. The van der Waals surface area contributed by atoms with E-state index in [-0.39, 0.29) is 28.4 Å². The fourth-order valence-electron chi connectivity index (χ4n) is 11.5. The van der Waals surface area contributed by atoms with E-state index in [2.05, 4.69) is 218 Å². The minimum atomic E-state index is -0.230. The van der Waals surface area contributed by atoms with Crippen molar-refractivity contribution in [2.45, 2.75) is 105 Å². The summed E-state index contributed by atoms with van der Waals surface area (Å²) in [5.74, 6) is 0. The van der Waals surface area contributed by atoms with E-state index in [1.54, 1.807) is 0 Å². The first-order valence-electron chi connectivity index (χ1n) is 23.5. The van der Waals surface area contributed by atoms with E-state index in [4.69, 9.17) is 0 Å². The second-order valence-corrected chi connectivity index (χ2v) is 23.4. The van der Waals surface area contributed by atoms with Gasteiger partial charge in [-0.1, -0.05) is 119 Å². The van der Waals surface area contributed by atoms with Gasteiger partial charge < -0.3 is 13.7 Å². The molecule has 12 rings (SSSR count). The summed E-state index contributed by atoms with van der Waals surface area (Å²) in [6.07, 6.45) is 0. The first-order valence-corrected chi connectivity index (χ1v) is 23.5. The highest BCUT2D eigenvalue weighted by Gasteiger charge is 2.42. The van der Waals surface area contributed by atoms with Crippen LogP contribution in [0.15, 0.2) is 109 Å². The Morgan fingerprint density at radius 2 is 0.758 bits per heavy atom. The number of benzene rings is 7.